The summed E-state index contributed by atoms with van der Waals surface area (Å²) in [5.41, 5.74) is 5.81. The number of hydrogen-bond donors (Lipinski definition) is 3. The molecule has 3 N–H and O–H groups in total. The van der Waals surface area contributed by atoms with E-state index in [0.717, 1.165) is 48.5 Å². The van der Waals surface area contributed by atoms with Gasteiger partial charge in [0.2, 0.25) is 5.91 Å². The third-order valence-corrected chi connectivity index (χ3v) is 9.35. The Labute approximate surface area is 264 Å². The number of hydrogen-bond acceptors (Lipinski definition) is 9. The fourth-order valence-electron chi connectivity index (χ4n) is 4.91. The summed E-state index contributed by atoms with van der Waals surface area (Å²) < 4.78 is 13.9. The highest BCUT2D eigenvalue weighted by atomic mass is 32.2. The van der Waals surface area contributed by atoms with Gasteiger partial charge < -0.3 is 25.0 Å². The van der Waals surface area contributed by atoms with Crippen molar-refractivity contribution in [2.24, 2.45) is 0 Å². The summed E-state index contributed by atoms with van der Waals surface area (Å²) in [6.45, 7) is 2.31. The average molecular weight is 634 g/mol. The maximum Gasteiger partial charge on any atom is 0.303 e. The van der Waals surface area contributed by atoms with Crippen molar-refractivity contribution in [3.05, 3.63) is 100 Å². The Morgan fingerprint density at radius 2 is 1.73 bits per heavy atom. The van der Waals surface area contributed by atoms with E-state index in [1.807, 2.05) is 79.7 Å². The fraction of sp³-hybridized carbons (Fsp3) is 0.333. The van der Waals surface area contributed by atoms with Crippen LogP contribution in [0.5, 0.6) is 0 Å². The number of thioether (sulfide) groups is 1. The van der Waals surface area contributed by atoms with E-state index in [0.29, 0.717) is 19.4 Å². The van der Waals surface area contributed by atoms with Crippen LogP contribution in [0, 0.1) is 6.92 Å². The predicted molar refractivity (Wildman–Crippen MR) is 169 cm³/mol. The smallest absolute Gasteiger partial charge is 0.303 e. The van der Waals surface area contributed by atoms with Gasteiger partial charge in [-0.15, -0.1) is 10.2 Å². The standard InChI is InChI=1S/C33H35N3O6S2/c1-21-35-36-33(44-21)43-20-28-17-29(25-10-8-22(19-37)9-11-25)42-32(41-28)26-14-12-24(13-15-26)27-5-2-4-23(16-27)18-34-30(38)6-3-7-31(39)40/h2,4-5,8-16,28-29,32,37H,3,6-7,17-20H2,1H3,(H,34,38)(H,39,40)/t28-,29+,32+/m0/s1. The summed E-state index contributed by atoms with van der Waals surface area (Å²) in [6, 6.07) is 23.9. The minimum atomic E-state index is -0.898. The molecular weight excluding hydrogens is 599 g/mol. The number of nitrogens with one attached hydrogen (secondary N) is 1. The molecule has 0 aliphatic carbocycles. The van der Waals surface area contributed by atoms with Crippen LogP contribution in [-0.4, -0.2) is 44.1 Å². The zero-order valence-electron chi connectivity index (χ0n) is 24.3. The normalized spacial score (nSPS) is 18.2. The minimum absolute atomic E-state index is 0.00341. The Balaban J connectivity index is 1.26. The van der Waals surface area contributed by atoms with E-state index < -0.39 is 12.3 Å². The first-order valence-corrected chi connectivity index (χ1v) is 16.3. The van der Waals surface area contributed by atoms with Gasteiger partial charge >= 0.3 is 5.97 Å². The van der Waals surface area contributed by atoms with Gasteiger partial charge in [0, 0.05) is 37.1 Å². The summed E-state index contributed by atoms with van der Waals surface area (Å²) in [5, 5.41) is 30.4. The van der Waals surface area contributed by atoms with Gasteiger partial charge in [0.25, 0.3) is 0 Å². The van der Waals surface area contributed by atoms with E-state index in [1.54, 1.807) is 23.1 Å². The van der Waals surface area contributed by atoms with Crippen molar-refractivity contribution < 1.29 is 29.3 Å². The molecule has 1 aliphatic heterocycles. The van der Waals surface area contributed by atoms with E-state index >= 15 is 0 Å². The van der Waals surface area contributed by atoms with Crippen molar-refractivity contribution in [3.8, 4) is 11.1 Å². The second-order valence-electron chi connectivity index (χ2n) is 10.6. The van der Waals surface area contributed by atoms with E-state index in [4.69, 9.17) is 14.6 Å². The van der Waals surface area contributed by atoms with Crippen LogP contribution < -0.4 is 5.32 Å². The molecule has 1 aliphatic rings. The number of aliphatic carboxylic acids is 1. The predicted octanol–water partition coefficient (Wildman–Crippen LogP) is 6.21. The Morgan fingerprint density at radius 3 is 2.43 bits per heavy atom. The Morgan fingerprint density at radius 1 is 0.955 bits per heavy atom. The molecule has 44 heavy (non-hydrogen) atoms. The molecule has 1 aromatic heterocycles. The highest BCUT2D eigenvalue weighted by molar-refractivity contribution is 8.01. The molecule has 0 bridgehead atoms. The molecular formula is C33H35N3O6S2. The second-order valence-corrected chi connectivity index (χ2v) is 13.0. The van der Waals surface area contributed by atoms with Crippen LogP contribution in [0.2, 0.25) is 0 Å². The molecule has 9 nitrogen and oxygen atoms in total. The molecule has 230 valence electrons. The number of carboxylic acid groups (broad SMARTS) is 1. The summed E-state index contributed by atoms with van der Waals surface area (Å²) in [4.78, 5) is 22.7. The average Bonchev–Trinajstić information content (AvgIpc) is 3.47. The molecule has 1 saturated heterocycles. The van der Waals surface area contributed by atoms with Crippen molar-refractivity contribution in [1.29, 1.82) is 0 Å². The number of carboxylic acids is 1. The highest BCUT2D eigenvalue weighted by Crippen LogP contribution is 2.40. The maximum absolute atomic E-state index is 12.1. The number of aliphatic hydroxyl groups is 1. The molecule has 0 spiro atoms. The van der Waals surface area contributed by atoms with Crippen LogP contribution in [-0.2, 0) is 32.2 Å². The number of amides is 1. The molecule has 4 aromatic rings. The van der Waals surface area contributed by atoms with E-state index in [1.165, 1.54) is 0 Å². The van der Waals surface area contributed by atoms with Gasteiger partial charge in [-0.3, -0.25) is 9.59 Å². The summed E-state index contributed by atoms with van der Waals surface area (Å²) in [7, 11) is 0. The fourth-order valence-corrected chi connectivity index (χ4v) is 6.77. The third kappa shape index (κ3) is 8.96. The monoisotopic (exact) mass is 633 g/mol. The van der Waals surface area contributed by atoms with Crippen LogP contribution in [0.3, 0.4) is 0 Å². The van der Waals surface area contributed by atoms with Gasteiger partial charge in [-0.2, -0.15) is 0 Å². The summed E-state index contributed by atoms with van der Waals surface area (Å²) in [5.74, 6) is -0.336. The Kier molecular flexibility index (Phi) is 11.1. The Hall–Kier alpha value is -3.61. The van der Waals surface area contributed by atoms with Gasteiger partial charge in [-0.1, -0.05) is 89.8 Å². The molecule has 0 radical (unpaired) electrons. The molecule has 2 heterocycles. The van der Waals surface area contributed by atoms with Crippen LogP contribution in [0.25, 0.3) is 11.1 Å². The van der Waals surface area contributed by atoms with Crippen LogP contribution in [0.4, 0.5) is 0 Å². The number of rotatable bonds is 13. The van der Waals surface area contributed by atoms with Gasteiger partial charge in [0.1, 0.15) is 5.01 Å². The van der Waals surface area contributed by atoms with E-state index in [9.17, 15) is 14.7 Å². The number of aliphatic hydroxyl groups excluding tert-OH is 1. The van der Waals surface area contributed by atoms with E-state index in [2.05, 4.69) is 15.5 Å². The lowest BCUT2D eigenvalue weighted by atomic mass is 9.99. The molecule has 0 saturated carbocycles. The SMILES string of the molecule is Cc1nnc(SC[C@@H]2C[C@H](c3ccc(CO)cc3)O[C@H](c3ccc(-c4cccc(CNC(=O)CCCC(=O)O)c4)cc3)O2)s1. The summed E-state index contributed by atoms with van der Waals surface area (Å²) >= 11 is 3.21. The molecule has 3 atom stereocenters. The van der Waals surface area contributed by atoms with Gasteiger partial charge in [0.15, 0.2) is 10.6 Å². The lowest BCUT2D eigenvalue weighted by Crippen LogP contribution is -2.31. The van der Waals surface area contributed by atoms with E-state index in [-0.39, 0.29) is 37.6 Å². The molecule has 3 aromatic carbocycles. The first-order chi connectivity index (χ1) is 21.4. The number of benzene rings is 3. The largest absolute Gasteiger partial charge is 0.481 e. The quantitative estimate of drug-likeness (QED) is 0.147. The third-order valence-electron chi connectivity index (χ3n) is 7.24. The Bertz CT molecular complexity index is 1540. The topological polar surface area (TPSA) is 131 Å². The molecule has 11 heteroatoms. The number of aromatic nitrogens is 2. The second kappa shape index (κ2) is 15.4. The van der Waals surface area contributed by atoms with Gasteiger partial charge in [0.05, 0.1) is 18.8 Å². The highest BCUT2D eigenvalue weighted by Gasteiger charge is 2.32. The minimum Gasteiger partial charge on any atom is -0.481 e. The van der Waals surface area contributed by atoms with Crippen molar-refractivity contribution in [3.63, 3.8) is 0 Å². The van der Waals surface area contributed by atoms with Crippen molar-refractivity contribution in [2.75, 3.05) is 5.75 Å². The number of carbonyl (C=O) groups is 2. The zero-order valence-corrected chi connectivity index (χ0v) is 26.0. The molecule has 5 rings (SSSR count). The number of carbonyl (C=O) groups excluding carboxylic acids is 1. The van der Waals surface area contributed by atoms with Crippen LogP contribution >= 0.6 is 23.1 Å². The number of nitrogens with zero attached hydrogens (tertiary/aromatic N) is 2. The van der Waals surface area contributed by atoms with Crippen molar-refractivity contribution in [2.45, 2.75) is 68.6 Å². The molecule has 1 amide bonds. The van der Waals surface area contributed by atoms with Gasteiger partial charge in [-0.25, -0.2) is 0 Å². The van der Waals surface area contributed by atoms with Crippen molar-refractivity contribution >= 4 is 35.0 Å². The molecule has 1 fully saturated rings. The zero-order chi connectivity index (χ0) is 30.9. The molecule has 0 unspecified atom stereocenters. The van der Waals surface area contributed by atoms with Crippen LogP contribution in [0.1, 0.15) is 65.3 Å². The number of ether oxygens (including phenoxy) is 2. The summed E-state index contributed by atoms with van der Waals surface area (Å²) in [6.07, 6.45) is 0.402. The lowest BCUT2D eigenvalue weighted by Gasteiger charge is -2.36. The number of aryl methyl sites for hydroxylation is 1. The van der Waals surface area contributed by atoms with Crippen LogP contribution in [0.15, 0.2) is 77.1 Å². The first kappa shape index (κ1) is 31.8. The first-order valence-electron chi connectivity index (χ1n) is 14.5. The van der Waals surface area contributed by atoms with Crippen molar-refractivity contribution in [1.82, 2.24) is 15.5 Å². The lowest BCUT2D eigenvalue weighted by molar-refractivity contribution is -0.245. The maximum atomic E-state index is 12.1. The van der Waals surface area contributed by atoms with Gasteiger partial charge in [-0.05, 0) is 47.2 Å².